The van der Waals surface area contributed by atoms with Gasteiger partial charge in [0, 0.05) is 12.0 Å². The van der Waals surface area contributed by atoms with E-state index in [0.717, 1.165) is 12.8 Å². The van der Waals surface area contributed by atoms with Gasteiger partial charge in [0.25, 0.3) is 0 Å². The molecule has 104 valence electrons. The smallest absolute Gasteiger partial charge is 0.333 e. The fourth-order valence-electron chi connectivity index (χ4n) is 2.48. The topological polar surface area (TPSA) is 26.3 Å². The average Bonchev–Trinajstić information content (AvgIpc) is 2.67. The van der Waals surface area contributed by atoms with Crippen molar-refractivity contribution in [3.8, 4) is 0 Å². The molecule has 1 aliphatic heterocycles. The average molecular weight is 252 g/mol. The third-order valence-corrected chi connectivity index (χ3v) is 3.67. The Bertz CT molecular complexity index is 242. The standard InChI is InChI=1S/C16H28O2/c1-3-4-5-6-7-8-9-10-11-12-15-13-14(2)16(17)18-15/h15H,2-13H2,1H3/t15-/m1/s1. The van der Waals surface area contributed by atoms with Crippen molar-refractivity contribution in [3.63, 3.8) is 0 Å². The number of carbonyl (C=O) groups excluding carboxylic acids is 1. The summed E-state index contributed by atoms with van der Waals surface area (Å²) in [5.41, 5.74) is 0.649. The minimum atomic E-state index is -0.184. The summed E-state index contributed by atoms with van der Waals surface area (Å²) >= 11 is 0. The summed E-state index contributed by atoms with van der Waals surface area (Å²) in [7, 11) is 0. The van der Waals surface area contributed by atoms with E-state index in [0.29, 0.717) is 5.57 Å². The van der Waals surface area contributed by atoms with Gasteiger partial charge >= 0.3 is 5.97 Å². The molecule has 0 saturated carbocycles. The quantitative estimate of drug-likeness (QED) is 0.318. The molecule has 0 aromatic rings. The Morgan fingerprint density at radius 2 is 1.61 bits per heavy atom. The highest BCUT2D eigenvalue weighted by Gasteiger charge is 2.26. The van der Waals surface area contributed by atoms with E-state index in [1.807, 2.05) is 0 Å². The van der Waals surface area contributed by atoms with E-state index in [-0.39, 0.29) is 12.1 Å². The summed E-state index contributed by atoms with van der Waals surface area (Å²) in [6, 6.07) is 0. The summed E-state index contributed by atoms with van der Waals surface area (Å²) in [5, 5.41) is 0. The van der Waals surface area contributed by atoms with Crippen LogP contribution in [0.25, 0.3) is 0 Å². The number of cyclic esters (lactones) is 1. The minimum absolute atomic E-state index is 0.120. The molecular formula is C16H28O2. The fourth-order valence-corrected chi connectivity index (χ4v) is 2.48. The van der Waals surface area contributed by atoms with Crippen LogP contribution in [0.5, 0.6) is 0 Å². The number of esters is 1. The van der Waals surface area contributed by atoms with Crippen LogP contribution in [0.2, 0.25) is 0 Å². The van der Waals surface area contributed by atoms with Gasteiger partial charge in [-0.3, -0.25) is 0 Å². The second-order valence-corrected chi connectivity index (χ2v) is 5.45. The van der Waals surface area contributed by atoms with Gasteiger partial charge in [-0.1, -0.05) is 64.9 Å². The Hall–Kier alpha value is -0.790. The van der Waals surface area contributed by atoms with Gasteiger partial charge in [0.05, 0.1) is 0 Å². The summed E-state index contributed by atoms with van der Waals surface area (Å²) in [4.78, 5) is 11.1. The first-order valence-corrected chi connectivity index (χ1v) is 7.62. The number of rotatable bonds is 10. The predicted molar refractivity (Wildman–Crippen MR) is 75.5 cm³/mol. The Morgan fingerprint density at radius 3 is 2.11 bits per heavy atom. The monoisotopic (exact) mass is 252 g/mol. The molecule has 0 N–H and O–H groups in total. The van der Waals surface area contributed by atoms with Gasteiger partial charge in [0.1, 0.15) is 6.10 Å². The SMILES string of the molecule is C=C1C[C@@H](CCCCCCCCCCC)OC1=O. The van der Waals surface area contributed by atoms with Crippen LogP contribution >= 0.6 is 0 Å². The zero-order valence-corrected chi connectivity index (χ0v) is 11.9. The number of ether oxygens (including phenoxy) is 1. The highest BCUT2D eigenvalue weighted by Crippen LogP contribution is 2.23. The summed E-state index contributed by atoms with van der Waals surface area (Å²) in [6.45, 7) is 5.96. The number of hydrogen-bond acceptors (Lipinski definition) is 2. The van der Waals surface area contributed by atoms with Crippen molar-refractivity contribution in [2.75, 3.05) is 0 Å². The molecule has 0 bridgehead atoms. The Balaban J connectivity index is 1.84. The molecule has 0 aromatic carbocycles. The zero-order chi connectivity index (χ0) is 13.2. The molecule has 1 aliphatic rings. The van der Waals surface area contributed by atoms with Crippen LogP contribution in [0, 0.1) is 0 Å². The maximum absolute atomic E-state index is 11.1. The van der Waals surface area contributed by atoms with Gasteiger partial charge in [-0.25, -0.2) is 4.79 Å². The van der Waals surface area contributed by atoms with Gasteiger partial charge < -0.3 is 4.74 Å². The molecule has 1 fully saturated rings. The van der Waals surface area contributed by atoms with Gasteiger partial charge in [-0.2, -0.15) is 0 Å². The van der Waals surface area contributed by atoms with Crippen molar-refractivity contribution in [3.05, 3.63) is 12.2 Å². The van der Waals surface area contributed by atoms with Crippen LogP contribution in [0.4, 0.5) is 0 Å². The van der Waals surface area contributed by atoms with Gasteiger partial charge in [-0.05, 0) is 12.8 Å². The van der Waals surface area contributed by atoms with Crippen molar-refractivity contribution in [1.29, 1.82) is 0 Å². The molecular weight excluding hydrogens is 224 g/mol. The largest absolute Gasteiger partial charge is 0.459 e. The third kappa shape index (κ3) is 6.23. The molecule has 2 heteroatoms. The maximum atomic E-state index is 11.1. The molecule has 0 unspecified atom stereocenters. The van der Waals surface area contributed by atoms with E-state index in [1.165, 1.54) is 57.8 Å². The first-order chi connectivity index (χ1) is 8.74. The normalized spacial score (nSPS) is 19.3. The summed E-state index contributed by atoms with van der Waals surface area (Å²) < 4.78 is 5.21. The molecule has 0 aliphatic carbocycles. The van der Waals surface area contributed by atoms with Gasteiger partial charge in [0.15, 0.2) is 0 Å². The van der Waals surface area contributed by atoms with Crippen LogP contribution in [0.1, 0.15) is 77.6 Å². The molecule has 0 radical (unpaired) electrons. The fraction of sp³-hybridized carbons (Fsp3) is 0.812. The lowest BCUT2D eigenvalue weighted by molar-refractivity contribution is -0.139. The molecule has 0 aromatic heterocycles. The molecule has 1 saturated heterocycles. The van der Waals surface area contributed by atoms with Crippen LogP contribution in [-0.4, -0.2) is 12.1 Å². The van der Waals surface area contributed by atoms with Crippen molar-refractivity contribution in [2.24, 2.45) is 0 Å². The summed E-state index contributed by atoms with van der Waals surface area (Å²) in [5.74, 6) is -0.184. The van der Waals surface area contributed by atoms with E-state index in [2.05, 4.69) is 13.5 Å². The van der Waals surface area contributed by atoms with E-state index < -0.39 is 0 Å². The highest BCUT2D eigenvalue weighted by atomic mass is 16.5. The third-order valence-electron chi connectivity index (χ3n) is 3.67. The first kappa shape index (κ1) is 15.3. The minimum Gasteiger partial charge on any atom is -0.459 e. The Morgan fingerprint density at radius 1 is 1.06 bits per heavy atom. The van der Waals surface area contributed by atoms with Crippen molar-refractivity contribution in [1.82, 2.24) is 0 Å². The van der Waals surface area contributed by atoms with Crippen LogP contribution < -0.4 is 0 Å². The second kappa shape index (κ2) is 9.18. The van der Waals surface area contributed by atoms with Crippen molar-refractivity contribution < 1.29 is 9.53 Å². The summed E-state index contributed by atoms with van der Waals surface area (Å²) in [6.07, 6.45) is 13.9. The van der Waals surface area contributed by atoms with E-state index >= 15 is 0 Å². The van der Waals surface area contributed by atoms with Crippen molar-refractivity contribution >= 4 is 5.97 Å². The lowest BCUT2D eigenvalue weighted by Gasteiger charge is -2.07. The van der Waals surface area contributed by atoms with Crippen LogP contribution in [0.3, 0.4) is 0 Å². The van der Waals surface area contributed by atoms with Gasteiger partial charge in [-0.15, -0.1) is 0 Å². The van der Waals surface area contributed by atoms with Gasteiger partial charge in [0.2, 0.25) is 0 Å². The molecule has 1 atom stereocenters. The zero-order valence-electron chi connectivity index (χ0n) is 11.9. The molecule has 1 rings (SSSR count). The van der Waals surface area contributed by atoms with E-state index in [1.54, 1.807) is 0 Å². The molecule has 18 heavy (non-hydrogen) atoms. The molecule has 0 amide bonds. The number of unbranched alkanes of at least 4 members (excludes halogenated alkanes) is 8. The van der Waals surface area contributed by atoms with Crippen LogP contribution in [0.15, 0.2) is 12.2 Å². The molecule has 1 heterocycles. The van der Waals surface area contributed by atoms with E-state index in [9.17, 15) is 4.79 Å². The Labute approximate surface area is 112 Å². The lowest BCUT2D eigenvalue weighted by atomic mass is 10.0. The Kier molecular flexibility index (Phi) is 7.79. The number of carbonyl (C=O) groups is 1. The van der Waals surface area contributed by atoms with Crippen LogP contribution in [-0.2, 0) is 9.53 Å². The molecule has 0 spiro atoms. The number of hydrogen-bond donors (Lipinski definition) is 0. The second-order valence-electron chi connectivity index (χ2n) is 5.45. The van der Waals surface area contributed by atoms with Crippen molar-refractivity contribution in [2.45, 2.75) is 83.7 Å². The lowest BCUT2D eigenvalue weighted by Crippen LogP contribution is -2.06. The molecule has 2 nitrogen and oxygen atoms in total. The maximum Gasteiger partial charge on any atom is 0.333 e. The predicted octanol–water partition coefficient (Wildman–Crippen LogP) is 4.78. The van der Waals surface area contributed by atoms with E-state index in [4.69, 9.17) is 4.74 Å². The first-order valence-electron chi connectivity index (χ1n) is 7.62. The highest BCUT2D eigenvalue weighted by molar-refractivity contribution is 5.89.